The van der Waals surface area contributed by atoms with E-state index in [9.17, 15) is 4.79 Å². The van der Waals surface area contributed by atoms with E-state index in [0.717, 1.165) is 17.1 Å². The fraction of sp³-hybridized carbons (Fsp3) is 0.0909. The van der Waals surface area contributed by atoms with E-state index in [2.05, 4.69) is 4.99 Å². The molecule has 2 heterocycles. The van der Waals surface area contributed by atoms with Crippen molar-refractivity contribution in [3.63, 3.8) is 0 Å². The zero-order valence-corrected chi connectivity index (χ0v) is 7.47. The maximum atomic E-state index is 11.4. The minimum atomic E-state index is 0.0262. The van der Waals surface area contributed by atoms with Crippen molar-refractivity contribution in [2.75, 3.05) is 0 Å². The molecule has 0 unspecified atom stereocenters. The number of hydrogen-bond donors (Lipinski definition) is 0. The van der Waals surface area contributed by atoms with Gasteiger partial charge in [0.25, 0.3) is 5.91 Å². The molecule has 0 saturated carbocycles. The molecule has 1 amide bonds. The van der Waals surface area contributed by atoms with Crippen LogP contribution in [-0.2, 0) is 11.3 Å². The minimum Gasteiger partial charge on any atom is -0.289 e. The molecular formula is C11H8N2O. The molecule has 14 heavy (non-hydrogen) atoms. The van der Waals surface area contributed by atoms with E-state index in [1.165, 1.54) is 0 Å². The Morgan fingerprint density at radius 2 is 2.07 bits per heavy atom. The monoisotopic (exact) mass is 184 g/mol. The van der Waals surface area contributed by atoms with Gasteiger partial charge in [0.1, 0.15) is 5.84 Å². The van der Waals surface area contributed by atoms with Crippen LogP contribution in [0, 0.1) is 0 Å². The van der Waals surface area contributed by atoms with E-state index >= 15 is 0 Å². The molecule has 0 atom stereocenters. The van der Waals surface area contributed by atoms with Crippen molar-refractivity contribution >= 4 is 17.4 Å². The maximum Gasteiger partial charge on any atom is 0.252 e. The lowest BCUT2D eigenvalue weighted by atomic mass is 10.1. The third kappa shape index (κ3) is 0.923. The minimum absolute atomic E-state index is 0.0262. The SMILES string of the molecule is O=C1C=CC2=Nc3ccccc3CN12. The Kier molecular flexibility index (Phi) is 1.36. The van der Waals surface area contributed by atoms with Gasteiger partial charge in [-0.25, -0.2) is 4.99 Å². The number of carbonyl (C=O) groups is 1. The fourth-order valence-electron chi connectivity index (χ4n) is 1.74. The Hall–Kier alpha value is -1.90. The number of aliphatic imine (C=N–C) groups is 1. The molecule has 3 rings (SSSR count). The van der Waals surface area contributed by atoms with E-state index < -0.39 is 0 Å². The summed E-state index contributed by atoms with van der Waals surface area (Å²) in [5, 5.41) is 0. The first-order valence-corrected chi connectivity index (χ1v) is 4.51. The highest BCUT2D eigenvalue weighted by Crippen LogP contribution is 2.27. The van der Waals surface area contributed by atoms with Crippen LogP contribution in [0.1, 0.15) is 5.56 Å². The zero-order valence-electron chi connectivity index (χ0n) is 7.47. The van der Waals surface area contributed by atoms with Crippen molar-refractivity contribution in [2.24, 2.45) is 4.99 Å². The molecular weight excluding hydrogens is 176 g/mol. The predicted octanol–water partition coefficient (Wildman–Crippen LogP) is 1.63. The van der Waals surface area contributed by atoms with Gasteiger partial charge < -0.3 is 0 Å². The number of para-hydroxylation sites is 1. The van der Waals surface area contributed by atoms with Gasteiger partial charge in [-0.1, -0.05) is 18.2 Å². The third-order valence-corrected chi connectivity index (χ3v) is 2.47. The molecule has 0 N–H and O–H groups in total. The highest BCUT2D eigenvalue weighted by atomic mass is 16.2. The summed E-state index contributed by atoms with van der Waals surface area (Å²) in [6, 6.07) is 7.89. The lowest BCUT2D eigenvalue weighted by Crippen LogP contribution is -2.31. The Morgan fingerprint density at radius 1 is 1.21 bits per heavy atom. The maximum absolute atomic E-state index is 11.4. The normalized spacial score (nSPS) is 17.9. The van der Waals surface area contributed by atoms with Crippen LogP contribution in [0.4, 0.5) is 5.69 Å². The second-order valence-corrected chi connectivity index (χ2v) is 3.36. The molecule has 3 heteroatoms. The van der Waals surface area contributed by atoms with E-state index in [1.807, 2.05) is 24.3 Å². The summed E-state index contributed by atoms with van der Waals surface area (Å²) in [6.07, 6.45) is 3.32. The molecule has 2 aliphatic rings. The van der Waals surface area contributed by atoms with Gasteiger partial charge in [-0.05, 0) is 17.7 Å². The lowest BCUT2D eigenvalue weighted by molar-refractivity contribution is -0.122. The van der Waals surface area contributed by atoms with Crippen molar-refractivity contribution in [2.45, 2.75) is 6.54 Å². The molecule has 3 nitrogen and oxygen atoms in total. The summed E-state index contributed by atoms with van der Waals surface area (Å²) in [4.78, 5) is 17.5. The second-order valence-electron chi connectivity index (χ2n) is 3.36. The van der Waals surface area contributed by atoms with Gasteiger partial charge in [0.15, 0.2) is 0 Å². The van der Waals surface area contributed by atoms with Gasteiger partial charge in [0.2, 0.25) is 0 Å². The third-order valence-electron chi connectivity index (χ3n) is 2.47. The van der Waals surface area contributed by atoms with E-state index in [1.54, 1.807) is 17.1 Å². The van der Waals surface area contributed by atoms with Crippen LogP contribution < -0.4 is 0 Å². The molecule has 1 aromatic carbocycles. The molecule has 0 radical (unpaired) electrons. The van der Waals surface area contributed by atoms with Gasteiger partial charge in [-0.2, -0.15) is 0 Å². The van der Waals surface area contributed by atoms with E-state index in [0.29, 0.717) is 6.54 Å². The largest absolute Gasteiger partial charge is 0.289 e. The summed E-state index contributed by atoms with van der Waals surface area (Å²) in [6.45, 7) is 0.640. The van der Waals surface area contributed by atoms with Gasteiger partial charge in [-0.3, -0.25) is 9.69 Å². The number of amides is 1. The van der Waals surface area contributed by atoms with Crippen LogP contribution in [0.15, 0.2) is 41.4 Å². The highest BCUT2D eigenvalue weighted by molar-refractivity contribution is 6.16. The highest BCUT2D eigenvalue weighted by Gasteiger charge is 2.25. The summed E-state index contributed by atoms with van der Waals surface area (Å²) >= 11 is 0. The molecule has 0 saturated heterocycles. The number of benzene rings is 1. The Bertz CT molecular complexity index is 474. The first-order chi connectivity index (χ1) is 6.84. The van der Waals surface area contributed by atoms with Crippen molar-refractivity contribution in [1.82, 2.24) is 4.90 Å². The molecule has 0 bridgehead atoms. The summed E-state index contributed by atoms with van der Waals surface area (Å²) in [7, 11) is 0. The predicted molar refractivity (Wildman–Crippen MR) is 53.2 cm³/mol. The van der Waals surface area contributed by atoms with Gasteiger partial charge in [-0.15, -0.1) is 0 Å². The molecule has 0 aliphatic carbocycles. The van der Waals surface area contributed by atoms with E-state index in [4.69, 9.17) is 0 Å². The van der Waals surface area contributed by atoms with Crippen molar-refractivity contribution in [1.29, 1.82) is 0 Å². The lowest BCUT2D eigenvalue weighted by Gasteiger charge is -2.22. The van der Waals surface area contributed by atoms with Gasteiger partial charge in [0, 0.05) is 6.08 Å². The van der Waals surface area contributed by atoms with Gasteiger partial charge in [0.05, 0.1) is 12.2 Å². The molecule has 0 spiro atoms. The van der Waals surface area contributed by atoms with Gasteiger partial charge >= 0.3 is 0 Å². The topological polar surface area (TPSA) is 32.7 Å². The molecule has 2 aliphatic heterocycles. The summed E-state index contributed by atoms with van der Waals surface area (Å²) < 4.78 is 0. The summed E-state index contributed by atoms with van der Waals surface area (Å²) in [5.41, 5.74) is 2.08. The zero-order chi connectivity index (χ0) is 9.54. The average Bonchev–Trinajstić information content (AvgIpc) is 2.57. The number of nitrogens with zero attached hydrogens (tertiary/aromatic N) is 2. The first kappa shape index (κ1) is 7.50. The van der Waals surface area contributed by atoms with Crippen LogP contribution in [-0.4, -0.2) is 16.6 Å². The standard InChI is InChI=1S/C11H8N2O/c14-11-6-5-10-12-9-4-2-1-3-8(9)7-13(10)11/h1-6H,7H2. The number of amidine groups is 1. The molecule has 0 aromatic heterocycles. The van der Waals surface area contributed by atoms with Crippen LogP contribution in [0.5, 0.6) is 0 Å². The van der Waals surface area contributed by atoms with Crippen molar-refractivity contribution < 1.29 is 4.79 Å². The van der Waals surface area contributed by atoms with Crippen molar-refractivity contribution in [3.05, 3.63) is 42.0 Å². The molecule has 68 valence electrons. The van der Waals surface area contributed by atoms with Crippen LogP contribution >= 0.6 is 0 Å². The Balaban J connectivity index is 2.15. The van der Waals surface area contributed by atoms with Crippen LogP contribution in [0.2, 0.25) is 0 Å². The number of hydrogen-bond acceptors (Lipinski definition) is 2. The number of fused-ring (bicyclic) bond motifs is 2. The quantitative estimate of drug-likeness (QED) is 0.603. The molecule has 1 aromatic rings. The first-order valence-electron chi connectivity index (χ1n) is 4.51. The number of carbonyl (C=O) groups excluding carboxylic acids is 1. The second kappa shape index (κ2) is 2.54. The number of rotatable bonds is 0. The van der Waals surface area contributed by atoms with Crippen molar-refractivity contribution in [3.8, 4) is 0 Å². The van der Waals surface area contributed by atoms with E-state index in [-0.39, 0.29) is 5.91 Å². The average molecular weight is 184 g/mol. The Labute approximate surface area is 81.4 Å². The van der Waals surface area contributed by atoms with Crippen LogP contribution in [0.3, 0.4) is 0 Å². The Morgan fingerprint density at radius 3 is 3.00 bits per heavy atom. The fourth-order valence-corrected chi connectivity index (χ4v) is 1.74. The smallest absolute Gasteiger partial charge is 0.252 e. The van der Waals surface area contributed by atoms with Crippen LogP contribution in [0.25, 0.3) is 0 Å². The summed E-state index contributed by atoms with van der Waals surface area (Å²) in [5.74, 6) is 0.784. The molecule has 0 fully saturated rings.